The first-order valence-corrected chi connectivity index (χ1v) is 7.42. The average Bonchev–Trinajstić information content (AvgIpc) is 2.62. The van der Waals surface area contributed by atoms with Crippen LogP contribution in [0.15, 0.2) is 36.7 Å². The molecule has 2 heterocycles. The third kappa shape index (κ3) is 2.86. The summed E-state index contributed by atoms with van der Waals surface area (Å²) in [6, 6.07) is 10.4. The molecule has 1 aromatic carbocycles. The Morgan fingerprint density at radius 1 is 1.14 bits per heavy atom. The Morgan fingerprint density at radius 3 is 2.45 bits per heavy atom. The highest BCUT2D eigenvalue weighted by molar-refractivity contribution is 5.50. The SMILES string of the molecule is COc1ccc(C2CCN(c3nccnc3C#N)CC2)cc1. The van der Waals surface area contributed by atoms with Crippen LogP contribution in [-0.2, 0) is 0 Å². The molecule has 5 nitrogen and oxygen atoms in total. The Balaban J connectivity index is 1.68. The van der Waals surface area contributed by atoms with Crippen molar-refractivity contribution >= 4 is 5.82 Å². The second kappa shape index (κ2) is 6.44. The molecule has 1 aliphatic heterocycles. The van der Waals surface area contributed by atoms with Crippen molar-refractivity contribution in [2.24, 2.45) is 0 Å². The molecule has 0 unspecified atom stereocenters. The Hall–Kier alpha value is -2.61. The first kappa shape index (κ1) is 14.3. The van der Waals surface area contributed by atoms with Gasteiger partial charge in [-0.1, -0.05) is 12.1 Å². The van der Waals surface area contributed by atoms with Gasteiger partial charge in [0.05, 0.1) is 7.11 Å². The van der Waals surface area contributed by atoms with E-state index in [0.29, 0.717) is 17.4 Å². The van der Waals surface area contributed by atoms with Crippen molar-refractivity contribution in [3.8, 4) is 11.8 Å². The molecule has 0 atom stereocenters. The van der Waals surface area contributed by atoms with Gasteiger partial charge in [0.15, 0.2) is 11.5 Å². The van der Waals surface area contributed by atoms with Crippen LogP contribution in [0.4, 0.5) is 5.82 Å². The smallest absolute Gasteiger partial charge is 0.183 e. The zero-order valence-corrected chi connectivity index (χ0v) is 12.6. The van der Waals surface area contributed by atoms with E-state index in [9.17, 15) is 0 Å². The van der Waals surface area contributed by atoms with Crippen LogP contribution in [0, 0.1) is 11.3 Å². The van der Waals surface area contributed by atoms with Gasteiger partial charge < -0.3 is 9.64 Å². The van der Waals surface area contributed by atoms with Crippen LogP contribution >= 0.6 is 0 Å². The van der Waals surface area contributed by atoms with Crippen molar-refractivity contribution in [2.75, 3.05) is 25.1 Å². The lowest BCUT2D eigenvalue weighted by Crippen LogP contribution is -2.34. The minimum absolute atomic E-state index is 0.408. The number of hydrogen-bond donors (Lipinski definition) is 0. The van der Waals surface area contributed by atoms with Crippen LogP contribution in [0.25, 0.3) is 0 Å². The summed E-state index contributed by atoms with van der Waals surface area (Å²) in [6.07, 6.45) is 5.30. The fraction of sp³-hybridized carbons (Fsp3) is 0.353. The van der Waals surface area contributed by atoms with Crippen LogP contribution in [0.5, 0.6) is 5.75 Å². The van der Waals surface area contributed by atoms with E-state index in [1.54, 1.807) is 19.5 Å². The topological polar surface area (TPSA) is 62.0 Å². The second-order valence-electron chi connectivity index (χ2n) is 5.37. The van der Waals surface area contributed by atoms with Gasteiger partial charge >= 0.3 is 0 Å². The summed E-state index contributed by atoms with van der Waals surface area (Å²) in [5, 5.41) is 9.14. The number of benzene rings is 1. The zero-order chi connectivity index (χ0) is 15.4. The van der Waals surface area contributed by atoms with Crippen molar-refractivity contribution in [2.45, 2.75) is 18.8 Å². The maximum atomic E-state index is 9.14. The maximum Gasteiger partial charge on any atom is 0.183 e. The lowest BCUT2D eigenvalue weighted by molar-refractivity contribution is 0.414. The van der Waals surface area contributed by atoms with Gasteiger partial charge in [-0.3, -0.25) is 0 Å². The summed E-state index contributed by atoms with van der Waals surface area (Å²) in [5.41, 5.74) is 1.76. The molecule has 2 aromatic rings. The number of methoxy groups -OCH3 is 1. The van der Waals surface area contributed by atoms with Gasteiger partial charge in [0.2, 0.25) is 0 Å². The number of nitrogens with zero attached hydrogens (tertiary/aromatic N) is 4. The first-order valence-electron chi connectivity index (χ1n) is 7.42. The number of aromatic nitrogens is 2. The fourth-order valence-electron chi connectivity index (χ4n) is 2.94. The lowest BCUT2D eigenvalue weighted by Gasteiger charge is -2.33. The van der Waals surface area contributed by atoms with Gasteiger partial charge in [-0.25, -0.2) is 9.97 Å². The normalized spacial score (nSPS) is 15.4. The molecule has 0 saturated carbocycles. The van der Waals surface area contributed by atoms with Crippen molar-refractivity contribution in [1.29, 1.82) is 5.26 Å². The molecule has 0 spiro atoms. The van der Waals surface area contributed by atoms with Gasteiger partial charge in [-0.2, -0.15) is 5.26 Å². The molecule has 1 fully saturated rings. The third-order valence-corrected chi connectivity index (χ3v) is 4.17. The van der Waals surface area contributed by atoms with Gasteiger partial charge in [0.1, 0.15) is 11.8 Å². The van der Waals surface area contributed by atoms with Crippen LogP contribution < -0.4 is 9.64 Å². The summed E-state index contributed by atoms with van der Waals surface area (Å²) >= 11 is 0. The van der Waals surface area contributed by atoms with Gasteiger partial charge in [-0.05, 0) is 36.5 Å². The average molecular weight is 294 g/mol. The minimum Gasteiger partial charge on any atom is -0.497 e. The van der Waals surface area contributed by atoms with Crippen molar-refractivity contribution < 1.29 is 4.74 Å². The summed E-state index contributed by atoms with van der Waals surface area (Å²) in [7, 11) is 1.68. The Labute approximate surface area is 130 Å². The molecule has 1 aromatic heterocycles. The largest absolute Gasteiger partial charge is 0.497 e. The van der Waals surface area contributed by atoms with E-state index in [2.05, 4.69) is 33.1 Å². The van der Waals surface area contributed by atoms with Crippen LogP contribution in [0.2, 0.25) is 0 Å². The minimum atomic E-state index is 0.408. The van der Waals surface area contributed by atoms with Crippen LogP contribution in [0.1, 0.15) is 30.0 Å². The zero-order valence-electron chi connectivity index (χ0n) is 12.6. The summed E-state index contributed by atoms with van der Waals surface area (Å²) in [4.78, 5) is 10.6. The molecule has 1 aliphatic rings. The molecule has 22 heavy (non-hydrogen) atoms. The number of anilines is 1. The molecule has 112 valence electrons. The van der Waals surface area contributed by atoms with E-state index in [0.717, 1.165) is 31.7 Å². The van der Waals surface area contributed by atoms with Crippen LogP contribution in [0.3, 0.4) is 0 Å². The first-order chi connectivity index (χ1) is 10.8. The summed E-state index contributed by atoms with van der Waals surface area (Å²) in [6.45, 7) is 1.79. The summed E-state index contributed by atoms with van der Waals surface area (Å²) in [5.74, 6) is 2.14. The monoisotopic (exact) mass is 294 g/mol. The maximum absolute atomic E-state index is 9.14. The predicted molar refractivity (Wildman–Crippen MR) is 83.9 cm³/mol. The highest BCUT2D eigenvalue weighted by Crippen LogP contribution is 2.31. The van der Waals surface area contributed by atoms with E-state index in [1.165, 1.54) is 5.56 Å². The quantitative estimate of drug-likeness (QED) is 0.871. The molecule has 0 amide bonds. The highest BCUT2D eigenvalue weighted by Gasteiger charge is 2.23. The van der Waals surface area contributed by atoms with Crippen molar-refractivity contribution in [3.05, 3.63) is 47.9 Å². The van der Waals surface area contributed by atoms with E-state index in [-0.39, 0.29) is 0 Å². The van der Waals surface area contributed by atoms with E-state index >= 15 is 0 Å². The third-order valence-electron chi connectivity index (χ3n) is 4.17. The number of nitriles is 1. The molecule has 1 saturated heterocycles. The standard InChI is InChI=1S/C17H18N4O/c1-22-15-4-2-13(3-5-15)14-6-10-21(11-7-14)17-16(12-18)19-8-9-20-17/h2-5,8-9,14H,6-7,10-11H2,1H3. The summed E-state index contributed by atoms with van der Waals surface area (Å²) < 4.78 is 5.20. The molecule has 0 bridgehead atoms. The number of hydrogen-bond acceptors (Lipinski definition) is 5. The lowest BCUT2D eigenvalue weighted by atomic mass is 9.89. The van der Waals surface area contributed by atoms with Gasteiger partial charge in [0, 0.05) is 25.5 Å². The molecule has 0 N–H and O–H groups in total. The Bertz CT molecular complexity index is 670. The molecular weight excluding hydrogens is 276 g/mol. The highest BCUT2D eigenvalue weighted by atomic mass is 16.5. The molecule has 0 aliphatic carbocycles. The second-order valence-corrected chi connectivity index (χ2v) is 5.37. The Kier molecular flexibility index (Phi) is 4.19. The molecular formula is C17H18N4O. The van der Waals surface area contributed by atoms with E-state index < -0.39 is 0 Å². The number of rotatable bonds is 3. The van der Waals surface area contributed by atoms with Crippen LogP contribution in [-0.4, -0.2) is 30.2 Å². The fourth-order valence-corrected chi connectivity index (χ4v) is 2.94. The van der Waals surface area contributed by atoms with Crippen molar-refractivity contribution in [3.63, 3.8) is 0 Å². The molecule has 5 heteroatoms. The predicted octanol–water partition coefficient (Wildman–Crippen LogP) is 2.74. The number of piperidine rings is 1. The Morgan fingerprint density at radius 2 is 1.82 bits per heavy atom. The van der Waals surface area contributed by atoms with E-state index in [1.807, 2.05) is 12.1 Å². The van der Waals surface area contributed by atoms with E-state index in [4.69, 9.17) is 10.00 Å². The molecule has 3 rings (SSSR count). The van der Waals surface area contributed by atoms with Gasteiger partial charge in [-0.15, -0.1) is 0 Å². The van der Waals surface area contributed by atoms with Crippen molar-refractivity contribution in [1.82, 2.24) is 9.97 Å². The molecule has 0 radical (unpaired) electrons. The number of ether oxygens (including phenoxy) is 1. The van der Waals surface area contributed by atoms with Gasteiger partial charge in [0.25, 0.3) is 0 Å².